The van der Waals surface area contributed by atoms with Crippen LogP contribution in [0.25, 0.3) is 0 Å². The summed E-state index contributed by atoms with van der Waals surface area (Å²) in [6.45, 7) is 2.92. The van der Waals surface area contributed by atoms with Crippen molar-refractivity contribution in [1.82, 2.24) is 9.88 Å². The zero-order valence-corrected chi connectivity index (χ0v) is 15.5. The first kappa shape index (κ1) is 17.9. The predicted octanol–water partition coefficient (Wildman–Crippen LogP) is 3.28. The van der Waals surface area contributed by atoms with E-state index in [1.807, 2.05) is 59.5 Å². The van der Waals surface area contributed by atoms with Gasteiger partial charge < -0.3 is 9.80 Å². The molecule has 1 aliphatic heterocycles. The van der Waals surface area contributed by atoms with E-state index in [-0.39, 0.29) is 11.7 Å². The SMILES string of the molecule is O=C(c1ccncc1)c1ccc(N2CCN(C(=O)c3ccccc3)CC2)cc1. The lowest BCUT2D eigenvalue weighted by Gasteiger charge is -2.36. The highest BCUT2D eigenvalue weighted by atomic mass is 16.2. The molecule has 1 aromatic heterocycles. The van der Waals surface area contributed by atoms with Crippen LogP contribution in [0.4, 0.5) is 5.69 Å². The molecule has 1 saturated heterocycles. The molecule has 0 bridgehead atoms. The number of nitrogens with zero attached hydrogens (tertiary/aromatic N) is 3. The minimum absolute atomic E-state index is 0.00720. The number of rotatable bonds is 4. The minimum Gasteiger partial charge on any atom is -0.368 e. The highest BCUT2D eigenvalue weighted by Crippen LogP contribution is 2.19. The molecule has 4 rings (SSSR count). The molecule has 0 saturated carbocycles. The number of pyridine rings is 1. The van der Waals surface area contributed by atoms with Gasteiger partial charge in [0.25, 0.3) is 5.91 Å². The lowest BCUT2D eigenvalue weighted by molar-refractivity contribution is 0.0746. The molecule has 0 atom stereocenters. The Morgan fingerprint density at radius 3 is 1.93 bits per heavy atom. The second-order valence-corrected chi connectivity index (χ2v) is 6.76. The second kappa shape index (κ2) is 8.05. The molecule has 0 radical (unpaired) electrons. The topological polar surface area (TPSA) is 53.5 Å². The first-order valence-corrected chi connectivity index (χ1v) is 9.36. The van der Waals surface area contributed by atoms with Crippen LogP contribution in [0, 0.1) is 0 Å². The van der Waals surface area contributed by atoms with Crippen LogP contribution in [-0.2, 0) is 0 Å². The van der Waals surface area contributed by atoms with Crippen LogP contribution in [0.15, 0.2) is 79.1 Å². The molecule has 5 nitrogen and oxygen atoms in total. The van der Waals surface area contributed by atoms with Crippen LogP contribution < -0.4 is 4.90 Å². The van der Waals surface area contributed by atoms with Gasteiger partial charge in [0.15, 0.2) is 5.78 Å². The van der Waals surface area contributed by atoms with E-state index in [2.05, 4.69) is 9.88 Å². The van der Waals surface area contributed by atoms with E-state index in [0.29, 0.717) is 24.2 Å². The third-order valence-corrected chi connectivity index (χ3v) is 5.02. The third kappa shape index (κ3) is 3.78. The normalized spacial score (nSPS) is 14.0. The number of carbonyl (C=O) groups is 2. The number of hydrogen-bond acceptors (Lipinski definition) is 4. The molecule has 28 heavy (non-hydrogen) atoms. The molecule has 1 amide bonds. The maximum atomic E-state index is 12.6. The summed E-state index contributed by atoms with van der Waals surface area (Å²) in [6.07, 6.45) is 3.25. The average molecular weight is 371 g/mol. The molecule has 3 aromatic rings. The van der Waals surface area contributed by atoms with Gasteiger partial charge in [0.2, 0.25) is 0 Å². The third-order valence-electron chi connectivity index (χ3n) is 5.02. The van der Waals surface area contributed by atoms with Crippen LogP contribution in [-0.4, -0.2) is 47.8 Å². The second-order valence-electron chi connectivity index (χ2n) is 6.76. The van der Waals surface area contributed by atoms with Gasteiger partial charge in [-0.1, -0.05) is 18.2 Å². The van der Waals surface area contributed by atoms with Gasteiger partial charge in [-0.3, -0.25) is 14.6 Å². The molecule has 1 fully saturated rings. The van der Waals surface area contributed by atoms with E-state index in [1.165, 1.54) is 0 Å². The van der Waals surface area contributed by atoms with Crippen molar-refractivity contribution >= 4 is 17.4 Å². The molecule has 0 spiro atoms. The Balaban J connectivity index is 1.39. The summed E-state index contributed by atoms with van der Waals surface area (Å²) < 4.78 is 0. The first-order valence-electron chi connectivity index (χ1n) is 9.36. The monoisotopic (exact) mass is 371 g/mol. The molecule has 5 heteroatoms. The molecule has 0 unspecified atom stereocenters. The standard InChI is InChI=1S/C23H21N3O2/c27-22(19-10-12-24-13-11-19)18-6-8-21(9-7-18)25-14-16-26(17-15-25)23(28)20-4-2-1-3-5-20/h1-13H,14-17H2. The van der Waals surface area contributed by atoms with Crippen molar-refractivity contribution in [1.29, 1.82) is 0 Å². The number of benzene rings is 2. The molecule has 0 N–H and O–H groups in total. The maximum Gasteiger partial charge on any atom is 0.253 e. The minimum atomic E-state index is -0.00720. The zero-order valence-electron chi connectivity index (χ0n) is 15.5. The zero-order chi connectivity index (χ0) is 19.3. The van der Waals surface area contributed by atoms with E-state index in [9.17, 15) is 9.59 Å². The van der Waals surface area contributed by atoms with Gasteiger partial charge >= 0.3 is 0 Å². The van der Waals surface area contributed by atoms with Gasteiger partial charge in [-0.2, -0.15) is 0 Å². The Labute approximate surface area is 164 Å². The number of hydrogen-bond donors (Lipinski definition) is 0. The Kier molecular flexibility index (Phi) is 5.15. The van der Waals surface area contributed by atoms with Gasteiger partial charge in [0.05, 0.1) is 0 Å². The number of anilines is 1. The predicted molar refractivity (Wildman–Crippen MR) is 109 cm³/mol. The van der Waals surface area contributed by atoms with E-state index >= 15 is 0 Å². The summed E-state index contributed by atoms with van der Waals surface area (Å²) in [5.74, 6) is 0.0748. The van der Waals surface area contributed by atoms with E-state index in [0.717, 1.165) is 24.3 Å². The van der Waals surface area contributed by atoms with Crippen LogP contribution in [0.3, 0.4) is 0 Å². The lowest BCUT2D eigenvalue weighted by Crippen LogP contribution is -2.48. The highest BCUT2D eigenvalue weighted by Gasteiger charge is 2.22. The fraction of sp³-hybridized carbons (Fsp3) is 0.174. The van der Waals surface area contributed by atoms with Crippen LogP contribution in [0.5, 0.6) is 0 Å². The van der Waals surface area contributed by atoms with Crippen molar-refractivity contribution < 1.29 is 9.59 Å². The fourth-order valence-corrected chi connectivity index (χ4v) is 3.42. The Hall–Kier alpha value is -3.47. The van der Waals surface area contributed by atoms with Crippen LogP contribution in [0.2, 0.25) is 0 Å². The number of carbonyl (C=O) groups excluding carboxylic acids is 2. The highest BCUT2D eigenvalue weighted by molar-refractivity contribution is 6.09. The van der Waals surface area contributed by atoms with Crippen molar-refractivity contribution in [3.63, 3.8) is 0 Å². The molecule has 2 heterocycles. The summed E-state index contributed by atoms with van der Waals surface area (Å²) in [7, 11) is 0. The number of piperazine rings is 1. The first-order chi connectivity index (χ1) is 13.7. The molecule has 0 aliphatic carbocycles. The van der Waals surface area contributed by atoms with E-state index < -0.39 is 0 Å². The molecule has 2 aromatic carbocycles. The number of amides is 1. The largest absolute Gasteiger partial charge is 0.368 e. The van der Waals surface area contributed by atoms with Crippen molar-refractivity contribution in [2.45, 2.75) is 0 Å². The summed E-state index contributed by atoms with van der Waals surface area (Å²) in [5, 5.41) is 0. The summed E-state index contributed by atoms with van der Waals surface area (Å²) >= 11 is 0. The molecule has 1 aliphatic rings. The van der Waals surface area contributed by atoms with Crippen LogP contribution >= 0.6 is 0 Å². The number of ketones is 1. The van der Waals surface area contributed by atoms with Crippen molar-refractivity contribution in [2.75, 3.05) is 31.1 Å². The van der Waals surface area contributed by atoms with Gasteiger partial charge in [-0.15, -0.1) is 0 Å². The quantitative estimate of drug-likeness (QED) is 0.661. The summed E-state index contributed by atoms with van der Waals surface area (Å²) in [6, 6.07) is 20.5. The molecule has 140 valence electrons. The van der Waals surface area contributed by atoms with Crippen molar-refractivity contribution in [3.8, 4) is 0 Å². The Bertz CT molecular complexity index is 948. The van der Waals surface area contributed by atoms with E-state index in [1.54, 1.807) is 24.5 Å². The van der Waals surface area contributed by atoms with Crippen LogP contribution in [0.1, 0.15) is 26.3 Å². The molecular weight excluding hydrogens is 350 g/mol. The fourth-order valence-electron chi connectivity index (χ4n) is 3.42. The van der Waals surface area contributed by atoms with Gasteiger partial charge in [0, 0.05) is 61.0 Å². The average Bonchev–Trinajstić information content (AvgIpc) is 2.79. The smallest absolute Gasteiger partial charge is 0.253 e. The summed E-state index contributed by atoms with van der Waals surface area (Å²) in [5.41, 5.74) is 3.09. The Morgan fingerprint density at radius 2 is 1.29 bits per heavy atom. The maximum absolute atomic E-state index is 12.6. The molecular formula is C23H21N3O2. The number of aromatic nitrogens is 1. The van der Waals surface area contributed by atoms with Gasteiger partial charge in [-0.25, -0.2) is 0 Å². The van der Waals surface area contributed by atoms with E-state index in [4.69, 9.17) is 0 Å². The lowest BCUT2D eigenvalue weighted by atomic mass is 10.0. The Morgan fingerprint density at radius 1 is 0.679 bits per heavy atom. The van der Waals surface area contributed by atoms with Crippen molar-refractivity contribution in [3.05, 3.63) is 95.8 Å². The van der Waals surface area contributed by atoms with Gasteiger partial charge in [-0.05, 0) is 48.5 Å². The van der Waals surface area contributed by atoms with Crippen molar-refractivity contribution in [2.24, 2.45) is 0 Å². The van der Waals surface area contributed by atoms with Gasteiger partial charge in [0.1, 0.15) is 0 Å². The summed E-state index contributed by atoms with van der Waals surface area (Å²) in [4.78, 5) is 33.2.